The summed E-state index contributed by atoms with van der Waals surface area (Å²) >= 11 is 0. The second-order valence-corrected chi connectivity index (χ2v) is 5.09. The third-order valence-electron chi connectivity index (χ3n) is 3.90. The number of nitrogens with one attached hydrogen (secondary N) is 2. The molecule has 1 saturated carbocycles. The molecule has 0 saturated heterocycles. The molecule has 2 bridgehead atoms. The largest absolute Gasteiger partial charge is 0.356 e. The van der Waals surface area contributed by atoms with Gasteiger partial charge < -0.3 is 10.6 Å². The number of aryl methyl sites for hydroxylation is 1. The normalized spacial score (nSPS) is 27.7. The molecule has 3 rings (SSSR count). The molecule has 5 nitrogen and oxygen atoms in total. The van der Waals surface area contributed by atoms with Gasteiger partial charge in [-0.2, -0.15) is 0 Å². The first-order valence-electron chi connectivity index (χ1n) is 6.66. The van der Waals surface area contributed by atoms with E-state index in [-0.39, 0.29) is 11.8 Å². The Bertz CT molecular complexity index is 448. The van der Waals surface area contributed by atoms with Crippen molar-refractivity contribution < 1.29 is 4.79 Å². The Labute approximate surface area is 106 Å². The number of amides is 1. The molecule has 0 aromatic carbocycles. The maximum atomic E-state index is 11.9. The zero-order chi connectivity index (χ0) is 12.4. The highest BCUT2D eigenvalue weighted by atomic mass is 16.1. The molecule has 2 N–H and O–H groups in total. The first-order chi connectivity index (χ1) is 8.83. The van der Waals surface area contributed by atoms with Crippen LogP contribution in [0.4, 0.5) is 5.95 Å². The van der Waals surface area contributed by atoms with Crippen LogP contribution in [0.1, 0.15) is 25.0 Å². The molecule has 2 heterocycles. The van der Waals surface area contributed by atoms with Crippen molar-refractivity contribution in [1.82, 2.24) is 15.3 Å². The summed E-state index contributed by atoms with van der Waals surface area (Å²) < 4.78 is 0. The monoisotopic (exact) mass is 246 g/mol. The molecule has 5 heteroatoms. The Morgan fingerprint density at radius 2 is 2.22 bits per heavy atom. The van der Waals surface area contributed by atoms with Gasteiger partial charge in [0.25, 0.3) is 0 Å². The summed E-state index contributed by atoms with van der Waals surface area (Å²) in [6, 6.07) is 1.94. The van der Waals surface area contributed by atoms with Gasteiger partial charge in [-0.05, 0) is 37.7 Å². The smallest absolute Gasteiger partial charge is 0.223 e. The van der Waals surface area contributed by atoms with E-state index in [0.29, 0.717) is 11.9 Å². The highest BCUT2D eigenvalue weighted by molar-refractivity contribution is 5.79. The molecule has 1 fully saturated rings. The fourth-order valence-electron chi connectivity index (χ4n) is 2.61. The zero-order valence-electron chi connectivity index (χ0n) is 10.4. The Hall–Kier alpha value is -1.65. The van der Waals surface area contributed by atoms with Gasteiger partial charge in [0.15, 0.2) is 0 Å². The van der Waals surface area contributed by atoms with Crippen LogP contribution in [-0.2, 0) is 11.2 Å². The van der Waals surface area contributed by atoms with Gasteiger partial charge in [0.05, 0.1) is 0 Å². The van der Waals surface area contributed by atoms with E-state index in [4.69, 9.17) is 0 Å². The molecule has 0 radical (unpaired) electrons. The van der Waals surface area contributed by atoms with Gasteiger partial charge in [0.1, 0.15) is 0 Å². The summed E-state index contributed by atoms with van der Waals surface area (Å²) in [6.45, 7) is 1.54. The van der Waals surface area contributed by atoms with Gasteiger partial charge in [-0.25, -0.2) is 9.97 Å². The summed E-state index contributed by atoms with van der Waals surface area (Å²) in [5, 5.41) is 6.28. The van der Waals surface area contributed by atoms with E-state index in [9.17, 15) is 4.79 Å². The molecule has 96 valence electrons. The maximum absolute atomic E-state index is 11.9. The van der Waals surface area contributed by atoms with Gasteiger partial charge in [-0.3, -0.25) is 4.79 Å². The van der Waals surface area contributed by atoms with Crippen LogP contribution in [0.25, 0.3) is 0 Å². The van der Waals surface area contributed by atoms with Gasteiger partial charge in [-0.15, -0.1) is 0 Å². The van der Waals surface area contributed by atoms with E-state index in [1.165, 1.54) is 0 Å². The molecule has 1 aliphatic heterocycles. The SMILES string of the molecule is O=C1NCCCc2ccnc(n2)NCC2CCC12. The van der Waals surface area contributed by atoms with Crippen molar-refractivity contribution in [2.45, 2.75) is 25.7 Å². The number of carbonyl (C=O) groups is 1. The van der Waals surface area contributed by atoms with Crippen molar-refractivity contribution in [3.8, 4) is 0 Å². The summed E-state index contributed by atoms with van der Waals surface area (Å²) in [5.74, 6) is 1.52. The van der Waals surface area contributed by atoms with Crippen molar-refractivity contribution in [3.63, 3.8) is 0 Å². The number of fused-ring (bicyclic) bond motifs is 3. The van der Waals surface area contributed by atoms with E-state index < -0.39 is 0 Å². The maximum Gasteiger partial charge on any atom is 0.223 e. The van der Waals surface area contributed by atoms with Crippen LogP contribution in [0, 0.1) is 11.8 Å². The molecule has 2 unspecified atom stereocenters. The highest BCUT2D eigenvalue weighted by Crippen LogP contribution is 2.34. The van der Waals surface area contributed by atoms with Crippen molar-refractivity contribution >= 4 is 11.9 Å². The second-order valence-electron chi connectivity index (χ2n) is 5.09. The Balaban J connectivity index is 1.75. The van der Waals surface area contributed by atoms with Crippen molar-refractivity contribution in [3.05, 3.63) is 18.0 Å². The lowest BCUT2D eigenvalue weighted by Gasteiger charge is -2.35. The van der Waals surface area contributed by atoms with Crippen LogP contribution < -0.4 is 10.6 Å². The van der Waals surface area contributed by atoms with E-state index in [2.05, 4.69) is 20.6 Å². The third kappa shape index (κ3) is 2.30. The molecule has 1 aliphatic carbocycles. The number of hydrogen-bond donors (Lipinski definition) is 2. The van der Waals surface area contributed by atoms with E-state index in [1.54, 1.807) is 6.20 Å². The molecule has 0 spiro atoms. The lowest BCUT2D eigenvalue weighted by atomic mass is 9.73. The molecule has 1 aromatic heterocycles. The first-order valence-corrected chi connectivity index (χ1v) is 6.66. The predicted octanol–water partition coefficient (Wildman–Crippen LogP) is 0.977. The van der Waals surface area contributed by atoms with Crippen LogP contribution >= 0.6 is 0 Å². The zero-order valence-corrected chi connectivity index (χ0v) is 10.4. The minimum Gasteiger partial charge on any atom is -0.356 e. The lowest BCUT2D eigenvalue weighted by molar-refractivity contribution is -0.129. The first kappa shape index (κ1) is 11.4. The number of nitrogens with zero attached hydrogens (tertiary/aromatic N) is 2. The van der Waals surface area contributed by atoms with E-state index in [1.807, 2.05) is 6.07 Å². The number of carbonyl (C=O) groups excluding carboxylic acids is 1. The van der Waals surface area contributed by atoms with Gasteiger partial charge in [-0.1, -0.05) is 0 Å². The molecule has 2 aliphatic rings. The number of rotatable bonds is 0. The van der Waals surface area contributed by atoms with Crippen molar-refractivity contribution in [2.75, 3.05) is 18.4 Å². The topological polar surface area (TPSA) is 66.9 Å². The minimum atomic E-state index is 0.181. The number of anilines is 1. The van der Waals surface area contributed by atoms with Gasteiger partial charge in [0.2, 0.25) is 11.9 Å². The Morgan fingerprint density at radius 3 is 3.06 bits per heavy atom. The molecule has 2 atom stereocenters. The van der Waals surface area contributed by atoms with Crippen molar-refractivity contribution in [1.29, 1.82) is 0 Å². The standard InChI is InChI=1S/C13H18N4O/c18-12-11-4-3-9(11)8-16-13-15-7-5-10(17-13)2-1-6-14-12/h5,7,9,11H,1-4,6,8H2,(H,14,18)(H,15,16,17). The summed E-state index contributed by atoms with van der Waals surface area (Å²) in [4.78, 5) is 20.6. The number of hydrogen-bond acceptors (Lipinski definition) is 4. The van der Waals surface area contributed by atoms with Crippen molar-refractivity contribution in [2.24, 2.45) is 11.8 Å². The molecular weight excluding hydrogens is 228 g/mol. The van der Waals surface area contributed by atoms with Crippen LogP contribution in [0.2, 0.25) is 0 Å². The predicted molar refractivity (Wildman–Crippen MR) is 68.1 cm³/mol. The van der Waals surface area contributed by atoms with E-state index in [0.717, 1.165) is 44.5 Å². The Morgan fingerprint density at radius 1 is 1.28 bits per heavy atom. The van der Waals surface area contributed by atoms with Gasteiger partial charge >= 0.3 is 0 Å². The van der Waals surface area contributed by atoms with Crippen LogP contribution in [0.3, 0.4) is 0 Å². The third-order valence-corrected chi connectivity index (χ3v) is 3.90. The molecule has 18 heavy (non-hydrogen) atoms. The number of aromatic nitrogens is 2. The highest BCUT2D eigenvalue weighted by Gasteiger charge is 2.36. The van der Waals surface area contributed by atoms with Crippen LogP contribution in [0.5, 0.6) is 0 Å². The average Bonchev–Trinajstić information content (AvgIpc) is 2.33. The molecule has 1 amide bonds. The van der Waals surface area contributed by atoms with Crippen LogP contribution in [0.15, 0.2) is 12.3 Å². The average molecular weight is 246 g/mol. The van der Waals surface area contributed by atoms with Crippen LogP contribution in [-0.4, -0.2) is 29.0 Å². The Kier molecular flexibility index (Phi) is 3.13. The van der Waals surface area contributed by atoms with Gasteiger partial charge in [0, 0.05) is 30.9 Å². The summed E-state index contributed by atoms with van der Waals surface area (Å²) in [5.41, 5.74) is 1.03. The summed E-state index contributed by atoms with van der Waals surface area (Å²) in [6.07, 6.45) is 5.74. The quantitative estimate of drug-likeness (QED) is 0.716. The fraction of sp³-hybridized carbons (Fsp3) is 0.615. The van der Waals surface area contributed by atoms with E-state index >= 15 is 0 Å². The molecule has 1 aromatic rings. The molecular formula is C13H18N4O. The second kappa shape index (κ2) is 4.92. The fourth-order valence-corrected chi connectivity index (χ4v) is 2.61. The lowest BCUT2D eigenvalue weighted by Crippen LogP contribution is -2.44. The minimum absolute atomic E-state index is 0.181. The summed E-state index contributed by atoms with van der Waals surface area (Å²) in [7, 11) is 0.